The zero-order valence-electron chi connectivity index (χ0n) is 14.2. The zero-order chi connectivity index (χ0) is 17.3. The van der Waals surface area contributed by atoms with Crippen LogP contribution in [0.15, 0.2) is 35.2 Å². The maximum absolute atomic E-state index is 12.9. The summed E-state index contributed by atoms with van der Waals surface area (Å²) in [5.41, 5.74) is 1.93. The van der Waals surface area contributed by atoms with Gasteiger partial charge < -0.3 is 4.74 Å². The van der Waals surface area contributed by atoms with Gasteiger partial charge in [0.25, 0.3) is 0 Å². The van der Waals surface area contributed by atoms with Crippen LogP contribution in [0.25, 0.3) is 5.69 Å². The van der Waals surface area contributed by atoms with Crippen molar-refractivity contribution in [2.24, 2.45) is 0 Å². The van der Waals surface area contributed by atoms with Gasteiger partial charge in [-0.25, -0.2) is 17.8 Å². The number of benzene rings is 1. The van der Waals surface area contributed by atoms with Gasteiger partial charge in [-0.1, -0.05) is 18.2 Å². The summed E-state index contributed by atoms with van der Waals surface area (Å²) >= 11 is 0. The fourth-order valence-corrected chi connectivity index (χ4v) is 4.88. The Hall–Kier alpha value is -1.70. The van der Waals surface area contributed by atoms with Gasteiger partial charge in [-0.15, -0.1) is 0 Å². The molecule has 0 aliphatic carbocycles. The van der Waals surface area contributed by atoms with Crippen molar-refractivity contribution in [3.05, 3.63) is 41.7 Å². The van der Waals surface area contributed by atoms with E-state index in [1.165, 1.54) is 0 Å². The number of para-hydroxylation sites is 1. The summed E-state index contributed by atoms with van der Waals surface area (Å²) in [6, 6.07) is 9.25. The van der Waals surface area contributed by atoms with E-state index in [9.17, 15) is 8.42 Å². The van der Waals surface area contributed by atoms with Gasteiger partial charge in [-0.2, -0.15) is 5.10 Å². The summed E-state index contributed by atoms with van der Waals surface area (Å²) in [4.78, 5) is 0.246. The average molecular weight is 349 g/mol. The second-order valence-corrected chi connectivity index (χ2v) is 7.86. The summed E-state index contributed by atoms with van der Waals surface area (Å²) in [5.74, 6) is 0. The molecule has 1 aliphatic heterocycles. The Balaban J connectivity index is 1.92. The molecule has 130 valence electrons. The largest absolute Gasteiger partial charge is 0.377 e. The van der Waals surface area contributed by atoms with Crippen molar-refractivity contribution >= 4 is 10.0 Å². The molecule has 7 heteroatoms. The maximum atomic E-state index is 12.9. The Bertz CT molecular complexity index is 809. The fourth-order valence-electron chi connectivity index (χ4n) is 3.21. The molecule has 0 spiro atoms. The Kier molecular flexibility index (Phi) is 4.76. The molecular formula is C17H23N3O3S. The molecule has 0 saturated carbocycles. The number of nitrogens with zero attached hydrogens (tertiary/aromatic N) is 2. The van der Waals surface area contributed by atoms with Crippen LogP contribution in [-0.4, -0.2) is 37.0 Å². The summed E-state index contributed by atoms with van der Waals surface area (Å²) in [6.07, 6.45) is 1.79. The van der Waals surface area contributed by atoms with Crippen LogP contribution in [-0.2, 0) is 14.8 Å². The molecule has 1 N–H and O–H groups in total. The summed E-state index contributed by atoms with van der Waals surface area (Å²) in [6.45, 7) is 6.04. The van der Waals surface area contributed by atoms with Gasteiger partial charge in [0, 0.05) is 12.6 Å². The van der Waals surface area contributed by atoms with Crippen molar-refractivity contribution in [2.75, 3.05) is 6.61 Å². The first-order valence-corrected chi connectivity index (χ1v) is 9.64. The van der Waals surface area contributed by atoms with Gasteiger partial charge in [-0.05, 0) is 45.7 Å². The quantitative estimate of drug-likeness (QED) is 0.899. The lowest BCUT2D eigenvalue weighted by Crippen LogP contribution is -2.41. The van der Waals surface area contributed by atoms with Gasteiger partial charge in [0.1, 0.15) is 4.90 Å². The monoisotopic (exact) mass is 349 g/mol. The molecule has 2 aromatic rings. The van der Waals surface area contributed by atoms with Gasteiger partial charge in [0.15, 0.2) is 0 Å². The Labute approximate surface area is 142 Å². The van der Waals surface area contributed by atoms with Gasteiger partial charge in [0.2, 0.25) is 10.0 Å². The normalized spacial score (nSPS) is 19.5. The van der Waals surface area contributed by atoms with Crippen LogP contribution in [0.2, 0.25) is 0 Å². The number of ether oxygens (including phenoxy) is 1. The Morgan fingerprint density at radius 3 is 2.62 bits per heavy atom. The van der Waals surface area contributed by atoms with E-state index in [2.05, 4.69) is 9.82 Å². The molecule has 1 saturated heterocycles. The van der Waals surface area contributed by atoms with E-state index >= 15 is 0 Å². The number of aryl methyl sites for hydroxylation is 1. The highest BCUT2D eigenvalue weighted by Gasteiger charge is 2.30. The van der Waals surface area contributed by atoms with Gasteiger partial charge in [0.05, 0.1) is 23.2 Å². The zero-order valence-corrected chi connectivity index (χ0v) is 15.0. The molecule has 1 aromatic heterocycles. The lowest BCUT2D eigenvalue weighted by Gasteiger charge is -2.20. The first kappa shape index (κ1) is 17.1. The lowest BCUT2D eigenvalue weighted by atomic mass is 10.1. The Morgan fingerprint density at radius 2 is 2.00 bits per heavy atom. The van der Waals surface area contributed by atoms with Crippen LogP contribution in [0.1, 0.15) is 31.2 Å². The molecule has 1 aliphatic rings. The van der Waals surface area contributed by atoms with E-state index in [0.717, 1.165) is 18.5 Å². The van der Waals surface area contributed by atoms with Crippen LogP contribution in [0.3, 0.4) is 0 Å². The van der Waals surface area contributed by atoms with E-state index in [1.54, 1.807) is 18.5 Å². The fraction of sp³-hybridized carbons (Fsp3) is 0.471. The van der Waals surface area contributed by atoms with Crippen molar-refractivity contribution < 1.29 is 13.2 Å². The Morgan fingerprint density at radius 1 is 1.29 bits per heavy atom. The van der Waals surface area contributed by atoms with E-state index in [4.69, 9.17) is 4.74 Å². The number of hydrogen-bond donors (Lipinski definition) is 1. The number of sulfonamides is 1. The molecule has 1 aromatic carbocycles. The molecule has 0 radical (unpaired) electrons. The number of aromatic nitrogens is 2. The van der Waals surface area contributed by atoms with E-state index in [1.807, 2.05) is 37.3 Å². The topological polar surface area (TPSA) is 73.2 Å². The second-order valence-electron chi connectivity index (χ2n) is 6.21. The molecule has 2 atom stereocenters. The molecule has 0 bridgehead atoms. The first-order valence-electron chi connectivity index (χ1n) is 8.16. The smallest absolute Gasteiger partial charge is 0.244 e. The third-order valence-corrected chi connectivity index (χ3v) is 6.17. The standard InChI is InChI=1S/C17H23N3O3S/c1-12(16-10-7-11-23-16)19-24(21,22)17-13(2)18-20(14(17)3)15-8-5-4-6-9-15/h4-6,8-9,12,16,19H,7,10-11H2,1-3H3. The van der Waals surface area contributed by atoms with E-state index in [-0.39, 0.29) is 17.0 Å². The van der Waals surface area contributed by atoms with Crippen molar-refractivity contribution in [3.8, 4) is 5.69 Å². The molecule has 2 heterocycles. The summed E-state index contributed by atoms with van der Waals surface area (Å²) in [5, 5.41) is 4.42. The third-order valence-electron chi connectivity index (χ3n) is 4.36. The number of rotatable bonds is 5. The molecule has 24 heavy (non-hydrogen) atoms. The SMILES string of the molecule is Cc1nn(-c2ccccc2)c(C)c1S(=O)(=O)NC(C)C1CCCO1. The highest BCUT2D eigenvalue weighted by atomic mass is 32.2. The molecule has 6 nitrogen and oxygen atoms in total. The van der Waals surface area contributed by atoms with Crippen molar-refractivity contribution in [3.63, 3.8) is 0 Å². The first-order chi connectivity index (χ1) is 11.4. The predicted molar refractivity (Wildman–Crippen MR) is 91.8 cm³/mol. The summed E-state index contributed by atoms with van der Waals surface area (Å²) < 4.78 is 35.7. The minimum Gasteiger partial charge on any atom is -0.377 e. The van der Waals surface area contributed by atoms with Crippen LogP contribution in [0.4, 0.5) is 0 Å². The highest BCUT2D eigenvalue weighted by molar-refractivity contribution is 7.89. The van der Waals surface area contributed by atoms with Crippen molar-refractivity contribution in [1.29, 1.82) is 0 Å². The molecule has 1 fully saturated rings. The average Bonchev–Trinajstić information content (AvgIpc) is 3.16. The van der Waals surface area contributed by atoms with Crippen molar-refractivity contribution in [1.82, 2.24) is 14.5 Å². The molecule has 0 amide bonds. The number of nitrogens with one attached hydrogen (secondary N) is 1. The molecular weight excluding hydrogens is 326 g/mol. The minimum absolute atomic E-state index is 0.0652. The third kappa shape index (κ3) is 3.24. The second kappa shape index (κ2) is 6.66. The molecule has 2 unspecified atom stereocenters. The predicted octanol–water partition coefficient (Wildman–Crippen LogP) is 2.33. The maximum Gasteiger partial charge on any atom is 0.244 e. The molecule has 3 rings (SSSR count). The van der Waals surface area contributed by atoms with Crippen molar-refractivity contribution in [2.45, 2.75) is 50.7 Å². The number of hydrogen-bond acceptors (Lipinski definition) is 4. The van der Waals surface area contributed by atoms with Crippen LogP contribution in [0, 0.1) is 13.8 Å². The van der Waals surface area contributed by atoms with Crippen LogP contribution in [0.5, 0.6) is 0 Å². The van der Waals surface area contributed by atoms with E-state index in [0.29, 0.717) is 18.0 Å². The lowest BCUT2D eigenvalue weighted by molar-refractivity contribution is 0.0902. The summed E-state index contributed by atoms with van der Waals surface area (Å²) in [7, 11) is -3.66. The van der Waals surface area contributed by atoms with Crippen LogP contribution >= 0.6 is 0 Å². The van der Waals surface area contributed by atoms with Gasteiger partial charge in [-0.3, -0.25) is 0 Å². The minimum atomic E-state index is -3.66. The van der Waals surface area contributed by atoms with E-state index < -0.39 is 10.0 Å². The van der Waals surface area contributed by atoms with Gasteiger partial charge >= 0.3 is 0 Å². The van der Waals surface area contributed by atoms with Crippen LogP contribution < -0.4 is 4.72 Å². The highest BCUT2D eigenvalue weighted by Crippen LogP contribution is 2.24.